The van der Waals surface area contributed by atoms with E-state index in [1.165, 1.54) is 0 Å². The number of nitrogens with two attached hydrogens (primary N) is 1. The molecular formula is C11H15NO2. The van der Waals surface area contributed by atoms with Crippen molar-refractivity contribution in [3.8, 4) is 5.75 Å². The summed E-state index contributed by atoms with van der Waals surface area (Å²) in [4.78, 5) is 11.2. The molecule has 1 aromatic rings. The Hall–Kier alpha value is -1.35. The van der Waals surface area contributed by atoms with Gasteiger partial charge in [0.15, 0.2) is 0 Å². The Balaban J connectivity index is 2.60. The fraction of sp³-hybridized carbons (Fsp3) is 0.364. The van der Waals surface area contributed by atoms with Gasteiger partial charge in [-0.25, -0.2) is 0 Å². The zero-order valence-electron chi connectivity index (χ0n) is 8.23. The predicted molar refractivity (Wildman–Crippen MR) is 55.1 cm³/mol. The van der Waals surface area contributed by atoms with Crippen LogP contribution in [0.3, 0.4) is 0 Å². The molecule has 0 radical (unpaired) electrons. The van der Waals surface area contributed by atoms with Crippen LogP contribution in [0.25, 0.3) is 0 Å². The number of benzene rings is 1. The minimum absolute atomic E-state index is 0.0677. The van der Waals surface area contributed by atoms with Gasteiger partial charge < -0.3 is 10.8 Å². The molecule has 1 atom stereocenters. The number of hydrogen-bond donors (Lipinski definition) is 2. The quantitative estimate of drug-likeness (QED) is 0.756. The summed E-state index contributed by atoms with van der Waals surface area (Å²) in [5, 5.41) is 9.05. The zero-order chi connectivity index (χ0) is 10.6. The van der Waals surface area contributed by atoms with Crippen molar-refractivity contribution < 1.29 is 9.90 Å². The van der Waals surface area contributed by atoms with E-state index in [4.69, 9.17) is 10.8 Å². The average Bonchev–Trinajstić information content (AvgIpc) is 2.20. The van der Waals surface area contributed by atoms with Gasteiger partial charge in [-0.1, -0.05) is 19.1 Å². The largest absolute Gasteiger partial charge is 0.508 e. The van der Waals surface area contributed by atoms with Gasteiger partial charge in [0, 0.05) is 6.42 Å². The van der Waals surface area contributed by atoms with Gasteiger partial charge in [0.25, 0.3) is 0 Å². The average molecular weight is 193 g/mol. The van der Waals surface area contributed by atoms with E-state index in [9.17, 15) is 4.79 Å². The second-order valence-corrected chi connectivity index (χ2v) is 3.30. The number of phenols is 1. The van der Waals surface area contributed by atoms with Crippen LogP contribution in [0.4, 0.5) is 0 Å². The van der Waals surface area contributed by atoms with Gasteiger partial charge in [0.2, 0.25) is 0 Å². The Bertz CT molecular complexity index is 306. The number of ketones is 1. The summed E-state index contributed by atoms with van der Waals surface area (Å²) in [7, 11) is 0. The van der Waals surface area contributed by atoms with E-state index in [0.717, 1.165) is 5.56 Å². The summed E-state index contributed by atoms with van der Waals surface area (Å²) in [6.45, 7) is 1.80. The standard InChI is InChI=1S/C11H15NO2/c1-2-11(14)10(12)7-8-3-5-9(13)6-4-8/h3-6,10,13H,2,7,12H2,1H3/t10-/m0/s1. The summed E-state index contributed by atoms with van der Waals surface area (Å²) in [6, 6.07) is 6.32. The molecular weight excluding hydrogens is 178 g/mol. The molecule has 1 rings (SSSR count). The van der Waals surface area contributed by atoms with Crippen molar-refractivity contribution in [2.75, 3.05) is 0 Å². The van der Waals surface area contributed by atoms with Crippen molar-refractivity contribution in [2.45, 2.75) is 25.8 Å². The lowest BCUT2D eigenvalue weighted by Crippen LogP contribution is -2.32. The molecule has 0 heterocycles. The Morgan fingerprint density at radius 2 is 2.00 bits per heavy atom. The summed E-state index contributed by atoms with van der Waals surface area (Å²) in [6.07, 6.45) is 1.01. The summed E-state index contributed by atoms with van der Waals surface area (Å²) >= 11 is 0. The predicted octanol–water partition coefficient (Wildman–Crippen LogP) is 1.24. The molecule has 0 fully saturated rings. The molecule has 0 aliphatic rings. The van der Waals surface area contributed by atoms with Crippen LogP contribution in [-0.2, 0) is 11.2 Å². The van der Waals surface area contributed by atoms with Crippen LogP contribution in [0.5, 0.6) is 5.75 Å². The van der Waals surface area contributed by atoms with Crippen molar-refractivity contribution in [3.05, 3.63) is 29.8 Å². The summed E-state index contributed by atoms with van der Waals surface area (Å²) < 4.78 is 0. The SMILES string of the molecule is CCC(=O)[C@@H](N)Cc1ccc(O)cc1. The minimum Gasteiger partial charge on any atom is -0.508 e. The lowest BCUT2D eigenvalue weighted by molar-refractivity contribution is -0.119. The smallest absolute Gasteiger partial charge is 0.149 e. The Labute approximate surface area is 83.6 Å². The molecule has 0 bridgehead atoms. The van der Waals surface area contributed by atoms with E-state index in [-0.39, 0.29) is 11.5 Å². The second kappa shape index (κ2) is 4.77. The first-order valence-corrected chi connectivity index (χ1v) is 4.69. The monoisotopic (exact) mass is 193 g/mol. The molecule has 0 aliphatic heterocycles. The van der Waals surface area contributed by atoms with Crippen LogP contribution in [-0.4, -0.2) is 16.9 Å². The van der Waals surface area contributed by atoms with Gasteiger partial charge in [-0.3, -0.25) is 4.79 Å². The van der Waals surface area contributed by atoms with Crippen LogP contribution in [0, 0.1) is 0 Å². The fourth-order valence-corrected chi connectivity index (χ4v) is 1.26. The van der Waals surface area contributed by atoms with Crippen molar-refractivity contribution in [1.29, 1.82) is 0 Å². The van der Waals surface area contributed by atoms with Crippen LogP contribution < -0.4 is 5.73 Å². The van der Waals surface area contributed by atoms with Crippen LogP contribution in [0.1, 0.15) is 18.9 Å². The molecule has 0 saturated heterocycles. The third-order valence-corrected chi connectivity index (χ3v) is 2.15. The summed E-state index contributed by atoms with van der Waals surface area (Å²) in [5.41, 5.74) is 6.66. The molecule has 0 aliphatic carbocycles. The number of carbonyl (C=O) groups is 1. The van der Waals surface area contributed by atoms with Gasteiger partial charge >= 0.3 is 0 Å². The Morgan fingerprint density at radius 3 is 2.50 bits per heavy atom. The first-order chi connectivity index (χ1) is 6.63. The molecule has 3 N–H and O–H groups in total. The van der Waals surface area contributed by atoms with Crippen LogP contribution in [0.2, 0.25) is 0 Å². The third-order valence-electron chi connectivity index (χ3n) is 2.15. The van der Waals surface area contributed by atoms with Gasteiger partial charge in [-0.05, 0) is 24.1 Å². The molecule has 0 aromatic heterocycles. The van der Waals surface area contributed by atoms with Gasteiger partial charge in [-0.2, -0.15) is 0 Å². The topological polar surface area (TPSA) is 63.3 Å². The lowest BCUT2D eigenvalue weighted by Gasteiger charge is -2.08. The highest BCUT2D eigenvalue weighted by molar-refractivity contribution is 5.83. The van der Waals surface area contributed by atoms with Gasteiger partial charge in [-0.15, -0.1) is 0 Å². The number of phenolic OH excluding ortho intramolecular Hbond substituents is 1. The van der Waals surface area contributed by atoms with E-state index < -0.39 is 6.04 Å². The molecule has 0 unspecified atom stereocenters. The lowest BCUT2D eigenvalue weighted by atomic mass is 10.0. The van der Waals surface area contributed by atoms with E-state index in [2.05, 4.69) is 0 Å². The van der Waals surface area contributed by atoms with Gasteiger partial charge in [0.1, 0.15) is 11.5 Å². The number of rotatable bonds is 4. The van der Waals surface area contributed by atoms with E-state index in [0.29, 0.717) is 12.8 Å². The highest BCUT2D eigenvalue weighted by Gasteiger charge is 2.11. The minimum atomic E-state index is -0.426. The molecule has 14 heavy (non-hydrogen) atoms. The first-order valence-electron chi connectivity index (χ1n) is 4.69. The third kappa shape index (κ3) is 2.85. The first kappa shape index (κ1) is 10.7. The Morgan fingerprint density at radius 1 is 1.43 bits per heavy atom. The Kier molecular flexibility index (Phi) is 3.65. The van der Waals surface area contributed by atoms with Gasteiger partial charge in [0.05, 0.1) is 6.04 Å². The molecule has 0 saturated carbocycles. The maximum atomic E-state index is 11.2. The normalized spacial score (nSPS) is 12.4. The number of hydrogen-bond acceptors (Lipinski definition) is 3. The van der Waals surface area contributed by atoms with E-state index in [1.807, 2.05) is 0 Å². The number of carbonyl (C=O) groups excluding carboxylic acids is 1. The van der Waals surface area contributed by atoms with Crippen LogP contribution >= 0.6 is 0 Å². The van der Waals surface area contributed by atoms with Crippen molar-refractivity contribution in [1.82, 2.24) is 0 Å². The second-order valence-electron chi connectivity index (χ2n) is 3.30. The highest BCUT2D eigenvalue weighted by atomic mass is 16.3. The highest BCUT2D eigenvalue weighted by Crippen LogP contribution is 2.11. The molecule has 3 heteroatoms. The maximum absolute atomic E-state index is 11.2. The zero-order valence-corrected chi connectivity index (χ0v) is 8.23. The van der Waals surface area contributed by atoms with Crippen molar-refractivity contribution >= 4 is 5.78 Å². The van der Waals surface area contributed by atoms with Crippen LogP contribution in [0.15, 0.2) is 24.3 Å². The molecule has 3 nitrogen and oxygen atoms in total. The molecule has 1 aromatic carbocycles. The van der Waals surface area contributed by atoms with E-state index >= 15 is 0 Å². The number of Topliss-reactive ketones (excluding diaryl/α,β-unsaturated/α-hetero) is 1. The fourth-order valence-electron chi connectivity index (χ4n) is 1.26. The molecule has 0 spiro atoms. The number of aromatic hydroxyl groups is 1. The maximum Gasteiger partial charge on any atom is 0.149 e. The van der Waals surface area contributed by atoms with E-state index in [1.54, 1.807) is 31.2 Å². The molecule has 76 valence electrons. The van der Waals surface area contributed by atoms with Crippen molar-refractivity contribution in [3.63, 3.8) is 0 Å². The molecule has 0 amide bonds. The van der Waals surface area contributed by atoms with Crippen molar-refractivity contribution in [2.24, 2.45) is 5.73 Å². The summed E-state index contributed by atoms with van der Waals surface area (Å²) in [5.74, 6) is 0.294.